The predicted octanol–water partition coefficient (Wildman–Crippen LogP) is 2.73. The van der Waals surface area contributed by atoms with E-state index in [1.54, 1.807) is 19.1 Å². The third-order valence-corrected chi connectivity index (χ3v) is 3.97. The van der Waals surface area contributed by atoms with Crippen LogP contribution in [0.15, 0.2) is 24.3 Å². The summed E-state index contributed by atoms with van der Waals surface area (Å²) in [7, 11) is 0. The van der Waals surface area contributed by atoms with Crippen molar-refractivity contribution in [2.24, 2.45) is 5.73 Å². The third-order valence-electron chi connectivity index (χ3n) is 3.97. The summed E-state index contributed by atoms with van der Waals surface area (Å²) in [6.45, 7) is 1.34. The maximum absolute atomic E-state index is 12.3. The molecule has 3 N–H and O–H groups in total. The summed E-state index contributed by atoms with van der Waals surface area (Å²) in [6, 6.07) is 5.79. The molecule has 1 aliphatic rings. The molecule has 0 aliphatic carbocycles. The van der Waals surface area contributed by atoms with Crippen LogP contribution in [0.3, 0.4) is 0 Å². The smallest absolute Gasteiger partial charge is 0.422 e. The molecule has 0 saturated carbocycles. The Labute approximate surface area is 150 Å². The van der Waals surface area contributed by atoms with Gasteiger partial charge < -0.3 is 20.5 Å². The summed E-state index contributed by atoms with van der Waals surface area (Å²) in [5.74, 6) is -0.134. The van der Waals surface area contributed by atoms with Crippen LogP contribution in [0.2, 0.25) is 0 Å². The summed E-state index contributed by atoms with van der Waals surface area (Å²) < 4.78 is 46.2. The number of rotatable bonds is 5. The first kappa shape index (κ1) is 21.5. The minimum Gasteiger partial charge on any atom is -0.484 e. The molecule has 2 rings (SSSR count). The van der Waals surface area contributed by atoms with Crippen molar-refractivity contribution in [1.82, 2.24) is 5.32 Å². The van der Waals surface area contributed by atoms with Gasteiger partial charge in [0.25, 0.3) is 0 Å². The Morgan fingerprint density at radius 3 is 2.40 bits per heavy atom. The van der Waals surface area contributed by atoms with Crippen LogP contribution in [-0.4, -0.2) is 37.4 Å². The van der Waals surface area contributed by atoms with Crippen molar-refractivity contribution in [3.8, 4) is 5.75 Å². The highest BCUT2D eigenvalue weighted by Gasteiger charge is 2.36. The molecule has 0 radical (unpaired) electrons. The Kier molecular flexibility index (Phi) is 7.52. The first-order valence-electron chi connectivity index (χ1n) is 7.67. The van der Waals surface area contributed by atoms with Crippen molar-refractivity contribution in [3.63, 3.8) is 0 Å². The molecule has 142 valence electrons. The van der Waals surface area contributed by atoms with Crippen LogP contribution in [0.5, 0.6) is 5.75 Å². The van der Waals surface area contributed by atoms with Crippen LogP contribution in [0, 0.1) is 0 Å². The molecule has 0 aromatic heterocycles. The highest BCUT2D eigenvalue weighted by Crippen LogP contribution is 2.23. The van der Waals surface area contributed by atoms with Gasteiger partial charge in [-0.2, -0.15) is 13.2 Å². The highest BCUT2D eigenvalue weighted by atomic mass is 35.5. The second-order valence-electron chi connectivity index (χ2n) is 5.94. The fraction of sp³-hybridized carbons (Fsp3) is 0.562. The molecule has 5 nitrogen and oxygen atoms in total. The molecular weight excluding hydrogens is 361 g/mol. The van der Waals surface area contributed by atoms with E-state index >= 15 is 0 Å². The molecule has 1 fully saturated rings. The normalized spacial score (nSPS) is 18.0. The summed E-state index contributed by atoms with van der Waals surface area (Å²) in [4.78, 5) is 12.3. The molecule has 9 heteroatoms. The zero-order valence-electron chi connectivity index (χ0n) is 13.8. The molecule has 1 aliphatic heterocycles. The Hall–Kier alpha value is -1.51. The van der Waals surface area contributed by atoms with Crippen LogP contribution in [0.1, 0.15) is 31.4 Å². The minimum absolute atomic E-state index is 0. The Balaban J connectivity index is 0.00000312. The maximum atomic E-state index is 12.3. The molecule has 1 unspecified atom stereocenters. The number of carbonyl (C=O) groups is 1. The zero-order valence-corrected chi connectivity index (χ0v) is 14.6. The molecule has 1 saturated heterocycles. The average Bonchev–Trinajstić information content (AvgIpc) is 2.53. The van der Waals surface area contributed by atoms with E-state index in [-0.39, 0.29) is 30.1 Å². The molecule has 1 aromatic rings. The second-order valence-corrected chi connectivity index (χ2v) is 5.94. The van der Waals surface area contributed by atoms with E-state index in [0.29, 0.717) is 26.1 Å². The summed E-state index contributed by atoms with van der Waals surface area (Å²) >= 11 is 0. The number of nitrogens with one attached hydrogen (secondary N) is 1. The van der Waals surface area contributed by atoms with Crippen LogP contribution >= 0.6 is 12.4 Å². The van der Waals surface area contributed by atoms with Gasteiger partial charge in [0.15, 0.2) is 6.61 Å². The maximum Gasteiger partial charge on any atom is 0.422 e. The van der Waals surface area contributed by atoms with Gasteiger partial charge in [-0.05, 0) is 37.5 Å². The zero-order chi connectivity index (χ0) is 17.8. The first-order chi connectivity index (χ1) is 11.2. The number of nitrogens with two attached hydrogens (primary N) is 1. The van der Waals surface area contributed by atoms with Gasteiger partial charge >= 0.3 is 6.18 Å². The minimum atomic E-state index is -4.38. The van der Waals surface area contributed by atoms with Crippen molar-refractivity contribution in [2.75, 3.05) is 19.8 Å². The summed E-state index contributed by atoms with van der Waals surface area (Å²) in [6.07, 6.45) is -3.47. The first-order valence-corrected chi connectivity index (χ1v) is 7.67. The fourth-order valence-electron chi connectivity index (χ4n) is 2.40. The lowest BCUT2D eigenvalue weighted by Gasteiger charge is -2.33. The Morgan fingerprint density at radius 1 is 1.32 bits per heavy atom. The fourth-order valence-corrected chi connectivity index (χ4v) is 2.40. The van der Waals surface area contributed by atoms with E-state index in [1.807, 2.05) is 0 Å². The number of carbonyl (C=O) groups excluding carboxylic acids is 1. The third kappa shape index (κ3) is 6.37. The molecule has 1 aromatic carbocycles. The van der Waals surface area contributed by atoms with Crippen LogP contribution in [0.25, 0.3) is 0 Å². The van der Waals surface area contributed by atoms with Crippen molar-refractivity contribution in [3.05, 3.63) is 29.8 Å². The van der Waals surface area contributed by atoms with E-state index in [0.717, 1.165) is 5.56 Å². The topological polar surface area (TPSA) is 73.6 Å². The number of halogens is 4. The molecule has 1 atom stereocenters. The number of ether oxygens (including phenoxy) is 2. The van der Waals surface area contributed by atoms with Gasteiger partial charge in [0.05, 0.1) is 11.6 Å². The van der Waals surface area contributed by atoms with Crippen molar-refractivity contribution in [1.29, 1.82) is 0 Å². The van der Waals surface area contributed by atoms with Gasteiger partial charge in [-0.15, -0.1) is 12.4 Å². The number of amides is 1. The summed E-state index contributed by atoms with van der Waals surface area (Å²) in [5.41, 5.74) is 5.92. The molecule has 25 heavy (non-hydrogen) atoms. The van der Waals surface area contributed by atoms with Crippen molar-refractivity contribution >= 4 is 18.3 Å². The summed E-state index contributed by atoms with van der Waals surface area (Å²) in [5, 5.41) is 2.84. The monoisotopic (exact) mass is 382 g/mol. The van der Waals surface area contributed by atoms with Crippen LogP contribution in [-0.2, 0) is 9.53 Å². The highest BCUT2D eigenvalue weighted by molar-refractivity contribution is 5.86. The lowest BCUT2D eigenvalue weighted by Crippen LogP contribution is -2.57. The molecule has 1 amide bonds. The Morgan fingerprint density at radius 2 is 1.88 bits per heavy atom. The largest absolute Gasteiger partial charge is 0.484 e. The number of hydrogen-bond acceptors (Lipinski definition) is 4. The van der Waals surface area contributed by atoms with Gasteiger partial charge in [0.2, 0.25) is 5.91 Å². The molecule has 1 heterocycles. The van der Waals surface area contributed by atoms with Gasteiger partial charge in [-0.1, -0.05) is 12.1 Å². The van der Waals surface area contributed by atoms with E-state index in [1.165, 1.54) is 12.1 Å². The van der Waals surface area contributed by atoms with Crippen molar-refractivity contribution in [2.45, 2.75) is 37.5 Å². The van der Waals surface area contributed by atoms with Crippen LogP contribution in [0.4, 0.5) is 13.2 Å². The number of alkyl halides is 3. The molecule has 0 spiro atoms. The number of hydrogen-bond donors (Lipinski definition) is 2. The number of benzene rings is 1. The van der Waals surface area contributed by atoms with Gasteiger partial charge in [0.1, 0.15) is 5.75 Å². The van der Waals surface area contributed by atoms with Gasteiger partial charge in [0, 0.05) is 13.2 Å². The lowest BCUT2D eigenvalue weighted by atomic mass is 9.90. The van der Waals surface area contributed by atoms with Crippen molar-refractivity contribution < 1.29 is 27.4 Å². The van der Waals surface area contributed by atoms with E-state index in [2.05, 4.69) is 10.1 Å². The van der Waals surface area contributed by atoms with E-state index in [9.17, 15) is 18.0 Å². The lowest BCUT2D eigenvalue weighted by molar-refractivity contribution is -0.153. The predicted molar refractivity (Wildman–Crippen MR) is 88.8 cm³/mol. The average molecular weight is 383 g/mol. The SMILES string of the molecule is CC(NC(=O)C1(N)CCOCC1)c1ccc(OCC(F)(F)F)cc1.Cl. The van der Waals surface area contributed by atoms with Gasteiger partial charge in [-0.25, -0.2) is 0 Å². The van der Waals surface area contributed by atoms with Gasteiger partial charge in [-0.3, -0.25) is 4.79 Å². The second kappa shape index (κ2) is 8.73. The van der Waals surface area contributed by atoms with E-state index < -0.39 is 18.3 Å². The molecular formula is C16H22ClF3N2O3. The van der Waals surface area contributed by atoms with Crippen LogP contribution < -0.4 is 15.8 Å². The quantitative estimate of drug-likeness (QED) is 0.821. The van der Waals surface area contributed by atoms with E-state index in [4.69, 9.17) is 10.5 Å². The Bertz CT molecular complexity index is 561. The standard InChI is InChI=1S/C16H21F3N2O3.ClH/c1-11(21-14(22)15(20)6-8-23-9-7-15)12-2-4-13(5-3-12)24-10-16(17,18)19;/h2-5,11H,6-10,20H2,1H3,(H,21,22);1H. The molecule has 0 bridgehead atoms.